The first kappa shape index (κ1) is 84.3. The minimum Gasteiger partial charge on any atom is -0.394 e. The molecule has 2 rings (SSSR count). The quantitative estimate of drug-likeness (QED) is 0.0204. The summed E-state index contributed by atoms with van der Waals surface area (Å²) in [4.78, 5) is 13.3. The molecule has 2 heterocycles. The number of ether oxygens (including phenoxy) is 4. The summed E-state index contributed by atoms with van der Waals surface area (Å²) < 4.78 is 22.9. The third kappa shape index (κ3) is 44.0. The Hall–Kier alpha value is -1.79. The Labute approximate surface area is 551 Å². The van der Waals surface area contributed by atoms with Gasteiger partial charge in [-0.2, -0.15) is 0 Å². The van der Waals surface area contributed by atoms with Crippen LogP contribution >= 0.6 is 0 Å². The third-order valence-electron chi connectivity index (χ3n) is 18.8. The molecule has 90 heavy (non-hydrogen) atoms. The number of hydrogen-bond acceptors (Lipinski definition) is 13. The fraction of sp³-hybridized carbons (Fsp3) is 0.908. The van der Waals surface area contributed by atoms with Gasteiger partial charge in [0.15, 0.2) is 12.6 Å². The maximum absolute atomic E-state index is 13.3. The van der Waals surface area contributed by atoms with Crippen molar-refractivity contribution >= 4 is 5.91 Å². The van der Waals surface area contributed by atoms with Crippen molar-refractivity contribution in [2.45, 2.75) is 421 Å². The van der Waals surface area contributed by atoms with Crippen molar-refractivity contribution in [1.82, 2.24) is 5.32 Å². The average molecular weight is 1280 g/mol. The molecule has 14 heteroatoms. The molecule has 0 spiro atoms. The molecule has 2 saturated heterocycles. The predicted molar refractivity (Wildman–Crippen MR) is 369 cm³/mol. The average Bonchev–Trinajstić information content (AvgIpc) is 3.74. The van der Waals surface area contributed by atoms with E-state index in [2.05, 4.69) is 43.5 Å². The second-order valence-corrected chi connectivity index (χ2v) is 27.1. The fourth-order valence-electron chi connectivity index (χ4n) is 12.7. The number of nitrogens with one attached hydrogen (secondary N) is 1. The van der Waals surface area contributed by atoms with Gasteiger partial charge in [-0.3, -0.25) is 4.79 Å². The molecule has 0 aliphatic carbocycles. The highest BCUT2D eigenvalue weighted by Crippen LogP contribution is 2.30. The standard InChI is InChI=1S/C76H143NO13/c1-3-5-7-9-11-13-15-17-19-21-23-25-26-27-28-29-30-31-32-33-34-35-36-37-38-39-40-42-44-46-48-50-52-54-56-58-60-68(81)77-64(65(80)59-57-55-53-51-49-47-45-43-41-24-22-20-18-16-14-12-10-8-6-4-2)63-87-75-73(86)71(84)74(67(62-79)89-75)90-76-72(85)70(83)69(82)66(61-78)88-76/h41,43,49,51,57,59,64-67,69-76,78-80,82-86H,3-40,42,44-48,50,52-56,58,60-63H2,1-2H3,(H,77,81)/b43-41+,51-49+,59-57+. The van der Waals surface area contributed by atoms with Crippen LogP contribution < -0.4 is 5.32 Å². The summed E-state index contributed by atoms with van der Waals surface area (Å²) in [6, 6.07) is -0.937. The number of aliphatic hydroxyl groups is 8. The Kier molecular flexibility index (Phi) is 57.0. The van der Waals surface area contributed by atoms with Crippen LogP contribution in [-0.4, -0.2) is 140 Å². The second kappa shape index (κ2) is 60.8. The van der Waals surface area contributed by atoms with Gasteiger partial charge in [0.05, 0.1) is 32.0 Å². The van der Waals surface area contributed by atoms with Gasteiger partial charge in [0.1, 0.15) is 48.8 Å². The van der Waals surface area contributed by atoms with Crippen molar-refractivity contribution in [1.29, 1.82) is 0 Å². The Morgan fingerprint density at radius 1 is 0.389 bits per heavy atom. The molecule has 14 nitrogen and oxygen atoms in total. The summed E-state index contributed by atoms with van der Waals surface area (Å²) in [5.74, 6) is -0.246. The predicted octanol–water partition coefficient (Wildman–Crippen LogP) is 16.5. The lowest BCUT2D eigenvalue weighted by Crippen LogP contribution is -2.65. The summed E-state index contributed by atoms with van der Waals surface area (Å²) >= 11 is 0. The topological polar surface area (TPSA) is 228 Å². The molecule has 0 bridgehead atoms. The summed E-state index contributed by atoms with van der Waals surface area (Å²) in [5.41, 5.74) is 0. The van der Waals surface area contributed by atoms with Gasteiger partial charge in [-0.1, -0.05) is 333 Å². The number of rotatable bonds is 64. The summed E-state index contributed by atoms with van der Waals surface area (Å²) in [5, 5.41) is 87.4. The van der Waals surface area contributed by atoms with Gasteiger partial charge in [0.25, 0.3) is 0 Å². The molecule has 9 N–H and O–H groups in total. The van der Waals surface area contributed by atoms with Crippen LogP contribution in [0.15, 0.2) is 36.5 Å². The van der Waals surface area contributed by atoms with Gasteiger partial charge in [-0.15, -0.1) is 0 Å². The van der Waals surface area contributed by atoms with Gasteiger partial charge in [-0.05, 0) is 44.9 Å². The number of carbonyl (C=O) groups excluding carboxylic acids is 1. The summed E-state index contributed by atoms with van der Waals surface area (Å²) in [6.07, 6.45) is 62.4. The van der Waals surface area contributed by atoms with E-state index in [0.717, 1.165) is 44.9 Å². The van der Waals surface area contributed by atoms with E-state index in [0.29, 0.717) is 12.8 Å². The SMILES string of the molecule is CCCCCCCCCCCC/C=C/CC/C=C/CC/C=C/C(O)C(COC1OC(CO)C(OC2OC(CO)C(O)C(O)C2O)C(O)C1O)NC(=O)CCCCCCCCCCCCCCCCCCCCCCCCCCCCCCCCCCCCCC. The number of aliphatic hydroxyl groups excluding tert-OH is 8. The van der Waals surface area contributed by atoms with E-state index >= 15 is 0 Å². The van der Waals surface area contributed by atoms with Gasteiger partial charge < -0.3 is 65.1 Å². The van der Waals surface area contributed by atoms with Crippen LogP contribution in [-0.2, 0) is 23.7 Å². The minimum absolute atomic E-state index is 0.246. The molecule has 0 aromatic rings. The minimum atomic E-state index is -1.79. The van der Waals surface area contributed by atoms with Crippen molar-refractivity contribution in [2.75, 3.05) is 19.8 Å². The Balaban J connectivity index is 1.60. The molecule has 0 radical (unpaired) electrons. The molecule has 0 aromatic heterocycles. The molecule has 1 amide bonds. The molecule has 2 fully saturated rings. The van der Waals surface area contributed by atoms with E-state index in [1.807, 2.05) is 6.08 Å². The van der Waals surface area contributed by atoms with Gasteiger partial charge in [0.2, 0.25) is 5.91 Å². The van der Waals surface area contributed by atoms with Crippen LogP contribution in [0.25, 0.3) is 0 Å². The van der Waals surface area contributed by atoms with E-state index in [1.165, 1.54) is 270 Å². The molecule has 530 valence electrons. The largest absolute Gasteiger partial charge is 0.394 e. The van der Waals surface area contributed by atoms with Gasteiger partial charge in [-0.25, -0.2) is 0 Å². The van der Waals surface area contributed by atoms with Crippen molar-refractivity contribution < 1.29 is 64.6 Å². The number of unbranched alkanes of at least 4 members (excludes halogenated alkanes) is 47. The van der Waals surface area contributed by atoms with Crippen LogP contribution in [0.4, 0.5) is 0 Å². The summed E-state index contributed by atoms with van der Waals surface area (Å²) in [6.45, 7) is 2.82. The molecule has 2 aliphatic rings. The third-order valence-corrected chi connectivity index (χ3v) is 18.8. The first-order valence-corrected chi connectivity index (χ1v) is 38.2. The van der Waals surface area contributed by atoms with E-state index < -0.39 is 86.8 Å². The molecule has 0 aromatic carbocycles. The molecule has 12 unspecified atom stereocenters. The number of allylic oxidation sites excluding steroid dienone is 5. The first-order chi connectivity index (χ1) is 44.1. The molecule has 0 saturated carbocycles. The van der Waals surface area contributed by atoms with Gasteiger partial charge in [0, 0.05) is 6.42 Å². The van der Waals surface area contributed by atoms with E-state index in [1.54, 1.807) is 6.08 Å². The zero-order valence-corrected chi connectivity index (χ0v) is 57.9. The monoisotopic (exact) mass is 1280 g/mol. The maximum atomic E-state index is 13.3. The van der Waals surface area contributed by atoms with Crippen molar-refractivity contribution in [3.8, 4) is 0 Å². The zero-order chi connectivity index (χ0) is 65.2. The molecular weight excluding hydrogens is 1130 g/mol. The molecule has 2 aliphatic heterocycles. The van der Waals surface area contributed by atoms with Crippen molar-refractivity contribution in [3.63, 3.8) is 0 Å². The number of hydrogen-bond donors (Lipinski definition) is 9. The highest BCUT2D eigenvalue weighted by molar-refractivity contribution is 5.76. The van der Waals surface area contributed by atoms with E-state index in [4.69, 9.17) is 18.9 Å². The lowest BCUT2D eigenvalue weighted by molar-refractivity contribution is -0.359. The van der Waals surface area contributed by atoms with Crippen LogP contribution in [0.2, 0.25) is 0 Å². The van der Waals surface area contributed by atoms with Crippen LogP contribution in [0, 0.1) is 0 Å². The van der Waals surface area contributed by atoms with Crippen molar-refractivity contribution in [3.05, 3.63) is 36.5 Å². The van der Waals surface area contributed by atoms with E-state index in [9.17, 15) is 45.6 Å². The highest BCUT2D eigenvalue weighted by Gasteiger charge is 2.51. The first-order valence-electron chi connectivity index (χ1n) is 38.2. The van der Waals surface area contributed by atoms with Crippen molar-refractivity contribution in [2.24, 2.45) is 0 Å². The Bertz CT molecular complexity index is 1650. The number of carbonyl (C=O) groups is 1. The van der Waals surface area contributed by atoms with Crippen LogP contribution in [0.3, 0.4) is 0 Å². The maximum Gasteiger partial charge on any atom is 0.220 e. The second-order valence-electron chi connectivity index (χ2n) is 27.1. The molecular formula is C76H143NO13. The normalized spacial score (nSPS) is 23.0. The highest BCUT2D eigenvalue weighted by atomic mass is 16.7. The van der Waals surface area contributed by atoms with Gasteiger partial charge >= 0.3 is 0 Å². The summed E-state index contributed by atoms with van der Waals surface area (Å²) in [7, 11) is 0. The lowest BCUT2D eigenvalue weighted by atomic mass is 9.97. The lowest BCUT2D eigenvalue weighted by Gasteiger charge is -2.46. The Morgan fingerprint density at radius 2 is 0.711 bits per heavy atom. The fourth-order valence-corrected chi connectivity index (χ4v) is 12.7. The van der Waals surface area contributed by atoms with E-state index in [-0.39, 0.29) is 18.9 Å². The zero-order valence-electron chi connectivity index (χ0n) is 57.9. The smallest absolute Gasteiger partial charge is 0.220 e. The van der Waals surface area contributed by atoms with Crippen LogP contribution in [0.5, 0.6) is 0 Å². The Morgan fingerprint density at radius 3 is 1.09 bits per heavy atom. The molecule has 12 atom stereocenters. The van der Waals surface area contributed by atoms with Crippen LogP contribution in [0.1, 0.15) is 348 Å². The number of amides is 1.